The van der Waals surface area contributed by atoms with E-state index in [4.69, 9.17) is 4.74 Å². The van der Waals surface area contributed by atoms with Crippen LogP contribution in [0.1, 0.15) is 6.92 Å². The van der Waals surface area contributed by atoms with E-state index in [0.29, 0.717) is 0 Å². The van der Waals surface area contributed by atoms with Crippen molar-refractivity contribution in [1.82, 2.24) is 5.32 Å². The maximum atomic E-state index is 5.25. The van der Waals surface area contributed by atoms with Gasteiger partial charge in [0.15, 0.2) is 0 Å². The van der Waals surface area contributed by atoms with Gasteiger partial charge in [0.1, 0.15) is 0 Å². The van der Waals surface area contributed by atoms with Crippen molar-refractivity contribution in [2.24, 2.45) is 0 Å². The zero-order valence-corrected chi connectivity index (χ0v) is 9.88. The van der Waals surface area contributed by atoms with Crippen LogP contribution in [-0.2, 0) is 4.74 Å². The SMILES string of the molecule is CCOCCNCC1CSCCS1. The molecule has 1 rings (SSSR count). The Bertz CT molecular complexity index is 118. The monoisotopic (exact) mass is 221 g/mol. The second-order valence-corrected chi connectivity index (χ2v) is 5.53. The number of thioether (sulfide) groups is 2. The van der Waals surface area contributed by atoms with Crippen molar-refractivity contribution >= 4 is 23.5 Å². The maximum absolute atomic E-state index is 5.25. The summed E-state index contributed by atoms with van der Waals surface area (Å²) < 4.78 is 5.25. The van der Waals surface area contributed by atoms with Gasteiger partial charge in [-0.3, -0.25) is 0 Å². The van der Waals surface area contributed by atoms with Crippen molar-refractivity contribution in [3.8, 4) is 0 Å². The molecular weight excluding hydrogens is 202 g/mol. The van der Waals surface area contributed by atoms with Crippen molar-refractivity contribution in [2.75, 3.05) is 43.6 Å². The first-order valence-electron chi connectivity index (χ1n) is 4.91. The first kappa shape index (κ1) is 11.7. The van der Waals surface area contributed by atoms with Crippen LogP contribution in [0.5, 0.6) is 0 Å². The molecule has 1 atom stereocenters. The third-order valence-corrected chi connectivity index (χ3v) is 4.73. The molecule has 0 amide bonds. The molecule has 1 aliphatic heterocycles. The van der Waals surface area contributed by atoms with E-state index in [2.05, 4.69) is 28.8 Å². The van der Waals surface area contributed by atoms with E-state index in [0.717, 1.165) is 31.6 Å². The lowest BCUT2D eigenvalue weighted by Crippen LogP contribution is -2.31. The molecule has 0 aromatic rings. The van der Waals surface area contributed by atoms with Gasteiger partial charge in [0.05, 0.1) is 6.61 Å². The third kappa shape index (κ3) is 5.83. The Morgan fingerprint density at radius 3 is 3.08 bits per heavy atom. The van der Waals surface area contributed by atoms with Crippen LogP contribution in [0.15, 0.2) is 0 Å². The normalized spacial score (nSPS) is 23.3. The van der Waals surface area contributed by atoms with Crippen molar-refractivity contribution < 1.29 is 4.74 Å². The van der Waals surface area contributed by atoms with Crippen molar-refractivity contribution in [2.45, 2.75) is 12.2 Å². The second-order valence-electron chi connectivity index (χ2n) is 2.97. The van der Waals surface area contributed by atoms with Gasteiger partial charge >= 0.3 is 0 Å². The molecule has 2 nitrogen and oxygen atoms in total. The Labute approximate surface area is 89.6 Å². The molecule has 13 heavy (non-hydrogen) atoms. The molecule has 1 N–H and O–H groups in total. The van der Waals surface area contributed by atoms with E-state index >= 15 is 0 Å². The van der Waals surface area contributed by atoms with Gasteiger partial charge in [-0.05, 0) is 6.92 Å². The van der Waals surface area contributed by atoms with Crippen LogP contribution in [0.3, 0.4) is 0 Å². The molecule has 0 aromatic carbocycles. The zero-order chi connectivity index (χ0) is 9.36. The minimum atomic E-state index is 0.820. The topological polar surface area (TPSA) is 21.3 Å². The van der Waals surface area contributed by atoms with Gasteiger partial charge in [-0.25, -0.2) is 0 Å². The third-order valence-electron chi connectivity index (χ3n) is 1.88. The zero-order valence-electron chi connectivity index (χ0n) is 8.25. The first-order valence-corrected chi connectivity index (χ1v) is 7.11. The Balaban J connectivity index is 1.86. The summed E-state index contributed by atoms with van der Waals surface area (Å²) in [5.74, 6) is 3.97. The van der Waals surface area contributed by atoms with Crippen LogP contribution in [-0.4, -0.2) is 48.8 Å². The highest BCUT2D eigenvalue weighted by Crippen LogP contribution is 2.22. The van der Waals surface area contributed by atoms with Crippen LogP contribution >= 0.6 is 23.5 Å². The molecule has 1 heterocycles. The van der Waals surface area contributed by atoms with E-state index in [1.165, 1.54) is 17.3 Å². The summed E-state index contributed by atoms with van der Waals surface area (Å²) in [6.07, 6.45) is 0. The predicted octanol–water partition coefficient (Wildman–Crippen LogP) is 1.46. The van der Waals surface area contributed by atoms with Crippen molar-refractivity contribution in [1.29, 1.82) is 0 Å². The maximum Gasteiger partial charge on any atom is 0.0590 e. The van der Waals surface area contributed by atoms with Gasteiger partial charge < -0.3 is 10.1 Å². The average molecular weight is 221 g/mol. The minimum absolute atomic E-state index is 0.820. The molecule has 0 bridgehead atoms. The Kier molecular flexibility index (Phi) is 7.17. The summed E-state index contributed by atoms with van der Waals surface area (Å²) in [5, 5.41) is 4.25. The Morgan fingerprint density at radius 1 is 1.46 bits per heavy atom. The predicted molar refractivity (Wildman–Crippen MR) is 62.9 cm³/mol. The van der Waals surface area contributed by atoms with E-state index in [1.54, 1.807) is 0 Å². The fraction of sp³-hybridized carbons (Fsp3) is 1.00. The number of hydrogen-bond donors (Lipinski definition) is 1. The average Bonchev–Trinajstić information content (AvgIpc) is 2.19. The summed E-state index contributed by atoms with van der Waals surface area (Å²) in [7, 11) is 0. The Hall–Kier alpha value is 0.620. The molecule has 4 heteroatoms. The molecule has 0 radical (unpaired) electrons. The van der Waals surface area contributed by atoms with Gasteiger partial charge in [-0.2, -0.15) is 23.5 Å². The smallest absolute Gasteiger partial charge is 0.0590 e. The molecule has 1 saturated heterocycles. The highest BCUT2D eigenvalue weighted by molar-refractivity contribution is 8.06. The van der Waals surface area contributed by atoms with Gasteiger partial charge in [0.2, 0.25) is 0 Å². The van der Waals surface area contributed by atoms with E-state index in [1.807, 2.05) is 6.92 Å². The molecule has 0 saturated carbocycles. The lowest BCUT2D eigenvalue weighted by molar-refractivity contribution is 0.149. The second kappa shape index (κ2) is 7.97. The number of hydrogen-bond acceptors (Lipinski definition) is 4. The van der Waals surface area contributed by atoms with Gasteiger partial charge in [0, 0.05) is 42.2 Å². The number of ether oxygens (including phenoxy) is 1. The van der Waals surface area contributed by atoms with Crippen LogP contribution in [0.2, 0.25) is 0 Å². The number of nitrogens with one attached hydrogen (secondary N) is 1. The number of rotatable bonds is 6. The lowest BCUT2D eigenvalue weighted by atomic mass is 10.4. The Morgan fingerprint density at radius 2 is 2.38 bits per heavy atom. The molecule has 78 valence electrons. The van der Waals surface area contributed by atoms with Crippen LogP contribution in [0.25, 0.3) is 0 Å². The molecule has 0 aromatic heterocycles. The summed E-state index contributed by atoms with van der Waals surface area (Å²) in [6, 6.07) is 0. The van der Waals surface area contributed by atoms with Crippen LogP contribution in [0.4, 0.5) is 0 Å². The minimum Gasteiger partial charge on any atom is -0.380 e. The first-order chi connectivity index (χ1) is 6.43. The summed E-state index contributed by atoms with van der Waals surface area (Å²) in [6.45, 7) is 5.85. The van der Waals surface area contributed by atoms with Gasteiger partial charge in [-0.1, -0.05) is 0 Å². The lowest BCUT2D eigenvalue weighted by Gasteiger charge is -2.21. The van der Waals surface area contributed by atoms with E-state index in [-0.39, 0.29) is 0 Å². The fourth-order valence-corrected chi connectivity index (χ4v) is 3.85. The fourth-order valence-electron chi connectivity index (χ4n) is 1.21. The molecule has 1 unspecified atom stereocenters. The molecule has 0 spiro atoms. The van der Waals surface area contributed by atoms with Crippen molar-refractivity contribution in [3.63, 3.8) is 0 Å². The van der Waals surface area contributed by atoms with E-state index < -0.39 is 0 Å². The summed E-state index contributed by atoms with van der Waals surface area (Å²) in [5.41, 5.74) is 0. The largest absolute Gasteiger partial charge is 0.380 e. The van der Waals surface area contributed by atoms with Crippen molar-refractivity contribution in [3.05, 3.63) is 0 Å². The molecular formula is C9H19NOS2. The summed E-state index contributed by atoms with van der Waals surface area (Å²) >= 11 is 4.18. The van der Waals surface area contributed by atoms with E-state index in [9.17, 15) is 0 Å². The molecule has 0 aliphatic carbocycles. The van der Waals surface area contributed by atoms with Crippen LogP contribution in [0, 0.1) is 0 Å². The van der Waals surface area contributed by atoms with Gasteiger partial charge in [-0.15, -0.1) is 0 Å². The summed E-state index contributed by atoms with van der Waals surface area (Å²) in [4.78, 5) is 0. The standard InChI is InChI=1S/C9H19NOS2/c1-2-11-4-3-10-7-9-8-12-5-6-13-9/h9-10H,2-8H2,1H3. The highest BCUT2D eigenvalue weighted by Gasteiger charge is 2.12. The highest BCUT2D eigenvalue weighted by atomic mass is 32.2. The molecule has 1 fully saturated rings. The quantitative estimate of drug-likeness (QED) is 0.685. The van der Waals surface area contributed by atoms with Crippen LogP contribution < -0.4 is 5.32 Å². The van der Waals surface area contributed by atoms with Gasteiger partial charge in [0.25, 0.3) is 0 Å². The molecule has 1 aliphatic rings.